The van der Waals surface area contributed by atoms with Crippen LogP contribution < -0.4 is 14.8 Å². The lowest BCUT2D eigenvalue weighted by atomic mass is 9.98. The second-order valence-electron chi connectivity index (χ2n) is 5.60. The normalized spacial score (nSPS) is 17.9. The molecule has 0 bridgehead atoms. The molecule has 5 nitrogen and oxygen atoms in total. The highest BCUT2D eigenvalue weighted by atomic mass is 19.3. The zero-order valence-electron chi connectivity index (χ0n) is 13.4. The van der Waals surface area contributed by atoms with E-state index in [4.69, 9.17) is 4.74 Å². The molecule has 1 saturated heterocycles. The molecule has 1 aliphatic rings. The number of hydrogen-bond acceptors (Lipinski definition) is 4. The minimum atomic E-state index is -2.92. The molecule has 0 aliphatic carbocycles. The Balaban J connectivity index is 2.04. The van der Waals surface area contributed by atoms with Gasteiger partial charge >= 0.3 is 6.61 Å². The maximum Gasteiger partial charge on any atom is 0.387 e. The van der Waals surface area contributed by atoms with E-state index in [0.29, 0.717) is 18.7 Å². The van der Waals surface area contributed by atoms with Crippen LogP contribution in [0.25, 0.3) is 0 Å². The molecular formula is C16H22F2N2O3. The first kappa shape index (κ1) is 17.5. The van der Waals surface area contributed by atoms with Crippen molar-refractivity contribution in [3.63, 3.8) is 0 Å². The molecule has 1 N–H and O–H groups in total. The topological polar surface area (TPSA) is 50.8 Å². The number of nitrogens with one attached hydrogen (secondary N) is 1. The molecule has 0 spiro atoms. The van der Waals surface area contributed by atoms with Crippen LogP contribution in [0.2, 0.25) is 0 Å². The molecule has 1 aromatic carbocycles. The van der Waals surface area contributed by atoms with E-state index in [2.05, 4.69) is 10.1 Å². The van der Waals surface area contributed by atoms with Crippen molar-refractivity contribution in [1.29, 1.82) is 0 Å². The Morgan fingerprint density at radius 1 is 1.43 bits per heavy atom. The molecule has 0 aromatic heterocycles. The van der Waals surface area contributed by atoms with Crippen LogP contribution in [-0.4, -0.2) is 44.7 Å². The Labute approximate surface area is 134 Å². The summed E-state index contributed by atoms with van der Waals surface area (Å²) in [5.74, 6) is 0.243. The molecule has 1 aliphatic heterocycles. The smallest absolute Gasteiger partial charge is 0.387 e. The quantitative estimate of drug-likeness (QED) is 0.870. The highest BCUT2D eigenvalue weighted by molar-refractivity contribution is 5.79. The van der Waals surface area contributed by atoms with Crippen LogP contribution in [0.4, 0.5) is 8.78 Å². The van der Waals surface area contributed by atoms with Crippen LogP contribution in [0.5, 0.6) is 11.5 Å². The highest BCUT2D eigenvalue weighted by Crippen LogP contribution is 2.30. The molecule has 1 fully saturated rings. The molecule has 1 atom stereocenters. The van der Waals surface area contributed by atoms with Crippen LogP contribution >= 0.6 is 0 Å². The second kappa shape index (κ2) is 8.10. The fourth-order valence-electron chi connectivity index (χ4n) is 2.73. The van der Waals surface area contributed by atoms with E-state index in [1.165, 1.54) is 13.2 Å². The largest absolute Gasteiger partial charge is 0.493 e. The van der Waals surface area contributed by atoms with Crippen molar-refractivity contribution in [2.75, 3.05) is 27.2 Å². The van der Waals surface area contributed by atoms with Crippen LogP contribution in [0.1, 0.15) is 18.4 Å². The average molecular weight is 328 g/mol. The zero-order chi connectivity index (χ0) is 16.8. The third-order valence-corrected chi connectivity index (χ3v) is 3.89. The number of alkyl halides is 2. The van der Waals surface area contributed by atoms with Crippen LogP contribution in [-0.2, 0) is 11.3 Å². The minimum absolute atomic E-state index is 0.0243. The molecular weight excluding hydrogens is 306 g/mol. The van der Waals surface area contributed by atoms with Gasteiger partial charge in [-0.25, -0.2) is 0 Å². The van der Waals surface area contributed by atoms with Crippen molar-refractivity contribution >= 4 is 5.91 Å². The van der Waals surface area contributed by atoms with E-state index < -0.39 is 6.61 Å². The molecule has 128 valence electrons. The molecule has 1 amide bonds. The summed E-state index contributed by atoms with van der Waals surface area (Å²) in [6, 6.07) is 4.78. The van der Waals surface area contributed by atoms with E-state index in [9.17, 15) is 13.6 Å². The first-order chi connectivity index (χ1) is 11.0. The van der Waals surface area contributed by atoms with Crippen molar-refractivity contribution < 1.29 is 23.0 Å². The van der Waals surface area contributed by atoms with E-state index in [0.717, 1.165) is 19.4 Å². The van der Waals surface area contributed by atoms with Gasteiger partial charge in [-0.05, 0) is 37.1 Å². The van der Waals surface area contributed by atoms with Crippen LogP contribution in [0, 0.1) is 5.92 Å². The lowest BCUT2D eigenvalue weighted by Crippen LogP contribution is -2.41. The summed E-state index contributed by atoms with van der Waals surface area (Å²) in [5.41, 5.74) is 0.709. The predicted molar refractivity (Wildman–Crippen MR) is 81.7 cm³/mol. The molecule has 7 heteroatoms. The number of ether oxygens (including phenoxy) is 2. The summed E-state index contributed by atoms with van der Waals surface area (Å²) in [6.45, 7) is -0.961. The van der Waals surface area contributed by atoms with Crippen molar-refractivity contribution in [3.05, 3.63) is 23.8 Å². The number of hydrogen-bond donors (Lipinski definition) is 1. The van der Waals surface area contributed by atoms with Gasteiger partial charge in [0.15, 0.2) is 11.5 Å². The number of rotatable bonds is 6. The first-order valence-corrected chi connectivity index (χ1v) is 7.58. The number of benzene rings is 1. The lowest BCUT2D eigenvalue weighted by molar-refractivity contribution is -0.135. The van der Waals surface area contributed by atoms with Gasteiger partial charge in [0, 0.05) is 20.1 Å². The Hall–Kier alpha value is -1.89. The third kappa shape index (κ3) is 4.79. The summed E-state index contributed by atoms with van der Waals surface area (Å²) in [7, 11) is 3.11. The fourth-order valence-corrected chi connectivity index (χ4v) is 2.73. The van der Waals surface area contributed by atoms with Gasteiger partial charge in [0.1, 0.15) is 0 Å². The number of piperidine rings is 1. The monoisotopic (exact) mass is 328 g/mol. The summed E-state index contributed by atoms with van der Waals surface area (Å²) in [5, 5.41) is 3.21. The standard InChI is InChI=1S/C16H22F2N2O3/c1-20(15(21)12-4-3-7-19-9-12)10-11-5-6-13(22-2)14(8-11)23-16(17)18/h5-6,8,12,16,19H,3-4,7,9-10H2,1-2H3. The van der Waals surface area contributed by atoms with Gasteiger partial charge in [-0.2, -0.15) is 8.78 Å². The Morgan fingerprint density at radius 3 is 2.83 bits per heavy atom. The zero-order valence-corrected chi connectivity index (χ0v) is 13.4. The second-order valence-corrected chi connectivity index (χ2v) is 5.60. The Morgan fingerprint density at radius 2 is 2.22 bits per heavy atom. The van der Waals surface area contributed by atoms with Gasteiger partial charge < -0.3 is 19.7 Å². The number of nitrogens with zero attached hydrogens (tertiary/aromatic N) is 1. The van der Waals surface area contributed by atoms with Gasteiger partial charge in [-0.3, -0.25) is 4.79 Å². The fraction of sp³-hybridized carbons (Fsp3) is 0.562. The van der Waals surface area contributed by atoms with Crippen molar-refractivity contribution in [3.8, 4) is 11.5 Å². The lowest BCUT2D eigenvalue weighted by Gasteiger charge is -2.27. The number of carbonyl (C=O) groups excluding carboxylic acids is 1. The molecule has 2 rings (SSSR count). The maximum absolute atomic E-state index is 12.5. The van der Waals surface area contributed by atoms with Crippen molar-refractivity contribution in [1.82, 2.24) is 10.2 Å². The van der Waals surface area contributed by atoms with Gasteiger partial charge in [0.05, 0.1) is 13.0 Å². The van der Waals surface area contributed by atoms with Crippen molar-refractivity contribution in [2.24, 2.45) is 5.92 Å². The molecule has 1 unspecified atom stereocenters. The third-order valence-electron chi connectivity index (χ3n) is 3.89. The molecule has 1 aromatic rings. The number of methoxy groups -OCH3 is 1. The highest BCUT2D eigenvalue weighted by Gasteiger charge is 2.24. The molecule has 0 radical (unpaired) electrons. The number of halogens is 2. The SMILES string of the molecule is COc1ccc(CN(C)C(=O)C2CCCNC2)cc1OC(F)F. The van der Waals surface area contributed by atoms with E-state index >= 15 is 0 Å². The minimum Gasteiger partial charge on any atom is -0.493 e. The summed E-state index contributed by atoms with van der Waals surface area (Å²) >= 11 is 0. The first-order valence-electron chi connectivity index (χ1n) is 7.58. The predicted octanol–water partition coefficient (Wildman–Crippen LogP) is 2.25. The Kier molecular flexibility index (Phi) is 6.15. The Bertz CT molecular complexity index is 534. The van der Waals surface area contributed by atoms with Gasteiger partial charge in [-0.15, -0.1) is 0 Å². The molecule has 23 heavy (non-hydrogen) atoms. The van der Waals surface area contributed by atoms with E-state index in [1.807, 2.05) is 0 Å². The maximum atomic E-state index is 12.5. The summed E-state index contributed by atoms with van der Waals surface area (Å²) in [6.07, 6.45) is 1.86. The molecule has 1 heterocycles. The average Bonchev–Trinajstić information content (AvgIpc) is 2.54. The van der Waals surface area contributed by atoms with Gasteiger partial charge in [0.2, 0.25) is 5.91 Å². The van der Waals surface area contributed by atoms with Gasteiger partial charge in [-0.1, -0.05) is 6.07 Å². The van der Waals surface area contributed by atoms with Gasteiger partial charge in [0.25, 0.3) is 0 Å². The molecule has 0 saturated carbocycles. The van der Waals surface area contributed by atoms with Crippen LogP contribution in [0.3, 0.4) is 0 Å². The number of amides is 1. The number of carbonyl (C=O) groups is 1. The van der Waals surface area contributed by atoms with Crippen LogP contribution in [0.15, 0.2) is 18.2 Å². The van der Waals surface area contributed by atoms with Crippen molar-refractivity contribution in [2.45, 2.75) is 26.0 Å². The van der Waals surface area contributed by atoms with E-state index in [-0.39, 0.29) is 23.3 Å². The summed E-state index contributed by atoms with van der Waals surface area (Å²) < 4.78 is 34.4. The summed E-state index contributed by atoms with van der Waals surface area (Å²) in [4.78, 5) is 14.0. The van der Waals surface area contributed by atoms with E-state index in [1.54, 1.807) is 24.1 Å².